The molecule has 2 fully saturated rings. The van der Waals surface area contributed by atoms with E-state index in [1.165, 1.54) is 33.3 Å². The highest BCUT2D eigenvalue weighted by Gasteiger charge is 2.46. The summed E-state index contributed by atoms with van der Waals surface area (Å²) >= 11 is 0. The number of ether oxygens (including phenoxy) is 5. The molecule has 1 unspecified atom stereocenters. The zero-order valence-corrected chi connectivity index (χ0v) is 21.5. The van der Waals surface area contributed by atoms with Crippen LogP contribution in [0.2, 0.25) is 0 Å². The second kappa shape index (κ2) is 11.5. The lowest BCUT2D eigenvalue weighted by Gasteiger charge is -2.31. The standard InChI is InChI=1S/C27H32N2O8/c1-33-19-7-5-17(15-21(19)35-3)24-23(25(30)18-6-8-20(34-2)22(16-18)36-4)26(31)27(32)29(24)10-9-28-11-13-37-14-12-28/h5-8,15-16,24,30H,9-14H2,1-4H3. The number of rotatable bonds is 9. The molecule has 2 aromatic carbocycles. The zero-order valence-electron chi connectivity index (χ0n) is 21.5. The number of benzene rings is 2. The fourth-order valence-electron chi connectivity index (χ4n) is 4.69. The van der Waals surface area contributed by atoms with Gasteiger partial charge in [0.15, 0.2) is 23.0 Å². The minimum absolute atomic E-state index is 0.00795. The number of methoxy groups -OCH3 is 4. The average molecular weight is 513 g/mol. The Labute approximate surface area is 215 Å². The van der Waals surface area contributed by atoms with Crippen molar-refractivity contribution in [3.05, 3.63) is 53.1 Å². The summed E-state index contributed by atoms with van der Waals surface area (Å²) in [5.41, 5.74) is 0.932. The van der Waals surface area contributed by atoms with Gasteiger partial charge in [0.25, 0.3) is 11.7 Å². The highest BCUT2D eigenvalue weighted by molar-refractivity contribution is 6.46. The van der Waals surface area contributed by atoms with E-state index in [1.807, 2.05) is 0 Å². The second-order valence-electron chi connectivity index (χ2n) is 8.63. The van der Waals surface area contributed by atoms with Gasteiger partial charge in [-0.05, 0) is 35.9 Å². The van der Waals surface area contributed by atoms with Crippen molar-refractivity contribution >= 4 is 17.4 Å². The first-order valence-corrected chi connectivity index (χ1v) is 12.0. The van der Waals surface area contributed by atoms with E-state index < -0.39 is 17.7 Å². The van der Waals surface area contributed by atoms with Gasteiger partial charge in [0.2, 0.25) is 0 Å². The summed E-state index contributed by atoms with van der Waals surface area (Å²) in [6.45, 7) is 3.60. The smallest absolute Gasteiger partial charge is 0.295 e. The summed E-state index contributed by atoms with van der Waals surface area (Å²) in [5, 5.41) is 11.4. The molecule has 10 nitrogen and oxygen atoms in total. The number of hydrogen-bond acceptors (Lipinski definition) is 9. The number of ketones is 1. The third-order valence-electron chi connectivity index (χ3n) is 6.68. The monoisotopic (exact) mass is 512 g/mol. The molecule has 0 aliphatic carbocycles. The molecular weight excluding hydrogens is 480 g/mol. The molecule has 1 atom stereocenters. The van der Waals surface area contributed by atoms with Crippen molar-refractivity contribution in [1.82, 2.24) is 9.80 Å². The van der Waals surface area contributed by atoms with Gasteiger partial charge in [-0.2, -0.15) is 0 Å². The van der Waals surface area contributed by atoms with Crippen LogP contribution in [0, 0.1) is 0 Å². The number of carbonyl (C=O) groups excluding carboxylic acids is 2. The summed E-state index contributed by atoms with van der Waals surface area (Å²) < 4.78 is 26.9. The van der Waals surface area contributed by atoms with Crippen LogP contribution in [0.5, 0.6) is 23.0 Å². The molecule has 2 aliphatic heterocycles. The van der Waals surface area contributed by atoms with E-state index in [0.29, 0.717) is 60.4 Å². The Balaban J connectivity index is 1.80. The summed E-state index contributed by atoms with van der Waals surface area (Å²) in [6, 6.07) is 9.19. The van der Waals surface area contributed by atoms with Gasteiger partial charge in [-0.25, -0.2) is 0 Å². The molecule has 1 amide bonds. The molecule has 10 heteroatoms. The van der Waals surface area contributed by atoms with Crippen LogP contribution in [-0.4, -0.2) is 94.4 Å². The normalized spacial score (nSPS) is 19.7. The molecule has 2 aromatic rings. The van der Waals surface area contributed by atoms with E-state index in [1.54, 1.807) is 36.4 Å². The number of carbonyl (C=O) groups is 2. The Morgan fingerprint density at radius 3 is 2.08 bits per heavy atom. The Kier molecular flexibility index (Phi) is 8.20. The van der Waals surface area contributed by atoms with Crippen molar-refractivity contribution in [3.8, 4) is 23.0 Å². The molecule has 0 bridgehead atoms. The van der Waals surface area contributed by atoms with Gasteiger partial charge >= 0.3 is 0 Å². The number of aliphatic hydroxyl groups excluding tert-OH is 1. The van der Waals surface area contributed by atoms with Crippen LogP contribution in [-0.2, 0) is 14.3 Å². The van der Waals surface area contributed by atoms with Crippen molar-refractivity contribution in [2.24, 2.45) is 0 Å². The lowest BCUT2D eigenvalue weighted by atomic mass is 9.94. The first kappa shape index (κ1) is 26.3. The molecule has 2 heterocycles. The van der Waals surface area contributed by atoms with Gasteiger partial charge in [0.05, 0.1) is 53.3 Å². The van der Waals surface area contributed by atoms with Gasteiger partial charge in [0, 0.05) is 31.7 Å². The Morgan fingerprint density at radius 2 is 1.46 bits per heavy atom. The van der Waals surface area contributed by atoms with Crippen molar-refractivity contribution in [2.75, 3.05) is 67.8 Å². The summed E-state index contributed by atoms with van der Waals surface area (Å²) in [7, 11) is 6.04. The van der Waals surface area contributed by atoms with Gasteiger partial charge in [-0.1, -0.05) is 6.07 Å². The molecule has 4 rings (SSSR count). The number of nitrogens with zero attached hydrogens (tertiary/aromatic N) is 2. The van der Waals surface area contributed by atoms with Crippen molar-refractivity contribution in [2.45, 2.75) is 6.04 Å². The van der Waals surface area contributed by atoms with Crippen molar-refractivity contribution < 1.29 is 38.4 Å². The lowest BCUT2D eigenvalue weighted by molar-refractivity contribution is -0.140. The number of hydrogen-bond donors (Lipinski definition) is 1. The van der Waals surface area contributed by atoms with Gasteiger partial charge in [0.1, 0.15) is 5.76 Å². The maximum atomic E-state index is 13.4. The molecule has 0 radical (unpaired) electrons. The largest absolute Gasteiger partial charge is 0.507 e. The van der Waals surface area contributed by atoms with Gasteiger partial charge in [-0.3, -0.25) is 14.5 Å². The van der Waals surface area contributed by atoms with Crippen LogP contribution in [0.25, 0.3) is 5.76 Å². The molecule has 2 aliphatic rings. The quantitative estimate of drug-likeness (QED) is 0.308. The van der Waals surface area contributed by atoms with Crippen molar-refractivity contribution in [1.29, 1.82) is 0 Å². The van der Waals surface area contributed by atoms with Crippen LogP contribution in [0.15, 0.2) is 42.0 Å². The highest BCUT2D eigenvalue weighted by Crippen LogP contribution is 2.42. The van der Waals surface area contributed by atoms with Crippen LogP contribution < -0.4 is 18.9 Å². The molecule has 0 saturated carbocycles. The van der Waals surface area contributed by atoms with Gasteiger partial charge < -0.3 is 33.7 Å². The number of likely N-dealkylation sites (tertiary alicyclic amines) is 1. The van der Waals surface area contributed by atoms with E-state index in [4.69, 9.17) is 23.7 Å². The van der Waals surface area contributed by atoms with Crippen LogP contribution >= 0.6 is 0 Å². The van der Waals surface area contributed by atoms with Gasteiger partial charge in [-0.15, -0.1) is 0 Å². The van der Waals surface area contributed by atoms with E-state index in [0.717, 1.165) is 13.1 Å². The molecule has 2 saturated heterocycles. The molecule has 198 valence electrons. The van der Waals surface area contributed by atoms with Crippen molar-refractivity contribution in [3.63, 3.8) is 0 Å². The Hall–Kier alpha value is -3.76. The maximum absolute atomic E-state index is 13.4. The second-order valence-corrected chi connectivity index (χ2v) is 8.63. The topological polar surface area (TPSA) is 107 Å². The van der Waals surface area contributed by atoms with Crippen LogP contribution in [0.3, 0.4) is 0 Å². The van der Waals surface area contributed by atoms with E-state index in [2.05, 4.69) is 4.90 Å². The minimum atomic E-state index is -0.825. The zero-order chi connectivity index (χ0) is 26.5. The first-order chi connectivity index (χ1) is 17.9. The van der Waals surface area contributed by atoms with E-state index in [-0.39, 0.29) is 11.3 Å². The summed E-state index contributed by atoms with van der Waals surface area (Å²) in [6.07, 6.45) is 0. The fraction of sp³-hybridized carbons (Fsp3) is 0.407. The Bertz CT molecular complexity index is 1190. The number of amides is 1. The fourth-order valence-corrected chi connectivity index (χ4v) is 4.69. The molecule has 0 spiro atoms. The lowest BCUT2D eigenvalue weighted by Crippen LogP contribution is -2.42. The number of Topliss-reactive ketones (excluding diaryl/α,β-unsaturated/α-hetero) is 1. The third-order valence-corrected chi connectivity index (χ3v) is 6.68. The SMILES string of the molecule is COc1ccc(C(O)=C2C(=O)C(=O)N(CCN3CCOCC3)C2c2ccc(OC)c(OC)c2)cc1OC. The molecule has 37 heavy (non-hydrogen) atoms. The summed E-state index contributed by atoms with van der Waals surface area (Å²) in [5.74, 6) is 0.0931. The third kappa shape index (κ3) is 5.21. The predicted octanol–water partition coefficient (Wildman–Crippen LogP) is 2.47. The summed E-state index contributed by atoms with van der Waals surface area (Å²) in [4.78, 5) is 30.4. The first-order valence-electron chi connectivity index (χ1n) is 12.0. The molecule has 1 N–H and O–H groups in total. The Morgan fingerprint density at radius 1 is 0.865 bits per heavy atom. The minimum Gasteiger partial charge on any atom is -0.507 e. The number of aliphatic hydroxyl groups is 1. The molecule has 0 aromatic heterocycles. The van der Waals surface area contributed by atoms with E-state index >= 15 is 0 Å². The van der Waals surface area contributed by atoms with Crippen LogP contribution in [0.4, 0.5) is 0 Å². The highest BCUT2D eigenvalue weighted by atomic mass is 16.5. The van der Waals surface area contributed by atoms with Crippen LogP contribution in [0.1, 0.15) is 17.2 Å². The van der Waals surface area contributed by atoms with E-state index in [9.17, 15) is 14.7 Å². The predicted molar refractivity (Wildman–Crippen MR) is 135 cm³/mol. The maximum Gasteiger partial charge on any atom is 0.295 e. The number of morpholine rings is 1. The average Bonchev–Trinajstić information content (AvgIpc) is 3.20. The molecular formula is C27H32N2O8.